The summed E-state index contributed by atoms with van der Waals surface area (Å²) in [5.41, 5.74) is 2.70. The number of likely N-dealkylation sites (tertiary alicyclic amines) is 2. The molecule has 3 aliphatic rings. The molecule has 37 heavy (non-hydrogen) atoms. The third-order valence-corrected chi connectivity index (χ3v) is 9.14. The monoisotopic (exact) mass is 504 g/mol. The largest absolute Gasteiger partial charge is 0.481 e. The van der Waals surface area contributed by atoms with Crippen molar-refractivity contribution in [3.63, 3.8) is 0 Å². The number of benzene rings is 2. The first-order valence-electron chi connectivity index (χ1n) is 14.5. The first kappa shape index (κ1) is 26.4. The zero-order valence-electron chi connectivity index (χ0n) is 22.2. The maximum Gasteiger partial charge on any atom is 0.303 e. The van der Waals surface area contributed by atoms with Crippen LogP contribution in [0, 0.1) is 17.8 Å². The second-order valence-electron chi connectivity index (χ2n) is 11.7. The molecule has 2 heterocycles. The van der Waals surface area contributed by atoms with Crippen molar-refractivity contribution in [3.8, 4) is 0 Å². The van der Waals surface area contributed by atoms with Crippen molar-refractivity contribution in [1.29, 1.82) is 0 Å². The molecule has 1 N–H and O–H groups in total. The maximum absolute atomic E-state index is 11.6. The zero-order valence-corrected chi connectivity index (χ0v) is 22.2. The summed E-state index contributed by atoms with van der Waals surface area (Å²) in [6.45, 7) is 7.19. The van der Waals surface area contributed by atoms with Crippen LogP contribution in [0.2, 0.25) is 0 Å². The summed E-state index contributed by atoms with van der Waals surface area (Å²) >= 11 is 0. The molecule has 2 saturated heterocycles. The Morgan fingerprint density at radius 3 is 2.30 bits per heavy atom. The van der Waals surface area contributed by atoms with Crippen molar-refractivity contribution in [3.05, 3.63) is 71.8 Å². The van der Waals surface area contributed by atoms with Gasteiger partial charge in [-0.1, -0.05) is 73.5 Å². The molecule has 2 aromatic rings. The second kappa shape index (κ2) is 13.0. The van der Waals surface area contributed by atoms with Crippen LogP contribution in [-0.4, -0.2) is 66.2 Å². The summed E-state index contributed by atoms with van der Waals surface area (Å²) in [4.78, 5) is 16.9. The van der Waals surface area contributed by atoms with Gasteiger partial charge in [0.1, 0.15) is 0 Å². The van der Waals surface area contributed by atoms with E-state index in [0.717, 1.165) is 52.2 Å². The van der Waals surface area contributed by atoms with Gasteiger partial charge in [-0.2, -0.15) is 0 Å². The van der Waals surface area contributed by atoms with Crippen LogP contribution < -0.4 is 0 Å². The van der Waals surface area contributed by atoms with E-state index in [1.807, 2.05) is 0 Å². The van der Waals surface area contributed by atoms with Gasteiger partial charge in [0.15, 0.2) is 0 Å². The summed E-state index contributed by atoms with van der Waals surface area (Å²) in [5.74, 6) is 1.45. The molecule has 3 fully saturated rings. The fraction of sp³-hybridized carbons (Fsp3) is 0.594. The lowest BCUT2D eigenvalue weighted by atomic mass is 9.81. The van der Waals surface area contributed by atoms with E-state index >= 15 is 0 Å². The van der Waals surface area contributed by atoms with E-state index in [0.29, 0.717) is 42.7 Å². The number of piperidine rings is 1. The topological polar surface area (TPSA) is 53.0 Å². The third-order valence-electron chi connectivity index (χ3n) is 9.14. The van der Waals surface area contributed by atoms with Crippen LogP contribution in [0.15, 0.2) is 60.7 Å². The Kier molecular flexibility index (Phi) is 9.30. The van der Waals surface area contributed by atoms with Crippen LogP contribution in [0.4, 0.5) is 0 Å². The van der Waals surface area contributed by atoms with E-state index in [9.17, 15) is 9.90 Å². The Bertz CT molecular complexity index is 961. The average Bonchev–Trinajstić information content (AvgIpc) is 3.34. The van der Waals surface area contributed by atoms with Gasteiger partial charge in [0.2, 0.25) is 0 Å². The van der Waals surface area contributed by atoms with Crippen molar-refractivity contribution in [1.82, 2.24) is 9.80 Å². The first-order valence-corrected chi connectivity index (χ1v) is 14.5. The van der Waals surface area contributed by atoms with E-state index in [-0.39, 0.29) is 0 Å². The number of aliphatic carboxylic acids is 1. The Morgan fingerprint density at radius 1 is 0.865 bits per heavy atom. The fourth-order valence-electron chi connectivity index (χ4n) is 7.15. The molecule has 0 aromatic heterocycles. The maximum atomic E-state index is 11.6. The number of carboxylic acids is 1. The van der Waals surface area contributed by atoms with Gasteiger partial charge in [-0.05, 0) is 67.7 Å². The average molecular weight is 505 g/mol. The Labute approximate surface area is 222 Å². The molecule has 2 aliphatic heterocycles. The predicted octanol–water partition coefficient (Wildman–Crippen LogP) is 5.66. The lowest BCUT2D eigenvalue weighted by molar-refractivity contribution is -0.139. The molecule has 5 heteroatoms. The highest BCUT2D eigenvalue weighted by molar-refractivity contribution is 5.67. The number of ether oxygens (including phenoxy) is 1. The van der Waals surface area contributed by atoms with Gasteiger partial charge in [0.05, 0.1) is 6.61 Å². The van der Waals surface area contributed by atoms with Gasteiger partial charge in [-0.3, -0.25) is 9.69 Å². The summed E-state index contributed by atoms with van der Waals surface area (Å²) in [6, 6.07) is 21.9. The van der Waals surface area contributed by atoms with Crippen LogP contribution in [0.1, 0.15) is 62.0 Å². The Morgan fingerprint density at radius 2 is 1.57 bits per heavy atom. The van der Waals surface area contributed by atoms with Crippen molar-refractivity contribution in [2.24, 2.45) is 17.8 Å². The molecule has 5 nitrogen and oxygen atoms in total. The number of hydrogen-bond acceptors (Lipinski definition) is 4. The zero-order chi connectivity index (χ0) is 25.5. The number of rotatable bonds is 10. The van der Waals surface area contributed by atoms with Crippen LogP contribution in [0.5, 0.6) is 0 Å². The molecular weight excluding hydrogens is 460 g/mol. The molecule has 1 saturated carbocycles. The SMILES string of the molecule is O=C(O)CC1CCCCC1N1CC(CN2CCC(COCc3ccccc3)CC2)C(c2ccccc2)C1. The fourth-order valence-corrected chi connectivity index (χ4v) is 7.15. The molecule has 200 valence electrons. The normalized spacial score (nSPS) is 27.9. The molecule has 1 aliphatic carbocycles. The van der Waals surface area contributed by atoms with Gasteiger partial charge >= 0.3 is 5.97 Å². The quantitative estimate of drug-likeness (QED) is 0.452. The predicted molar refractivity (Wildman–Crippen MR) is 148 cm³/mol. The van der Waals surface area contributed by atoms with Gasteiger partial charge in [0, 0.05) is 44.6 Å². The highest BCUT2D eigenvalue weighted by Gasteiger charge is 2.41. The molecule has 0 radical (unpaired) electrons. The third kappa shape index (κ3) is 7.22. The Hall–Kier alpha value is -2.21. The molecule has 0 amide bonds. The van der Waals surface area contributed by atoms with Crippen LogP contribution in [0.25, 0.3) is 0 Å². The van der Waals surface area contributed by atoms with Crippen molar-refractivity contribution in [2.45, 2.75) is 63.5 Å². The molecular formula is C32H44N2O3. The van der Waals surface area contributed by atoms with E-state index in [4.69, 9.17) is 4.74 Å². The minimum Gasteiger partial charge on any atom is -0.481 e. The number of hydrogen-bond donors (Lipinski definition) is 1. The van der Waals surface area contributed by atoms with Gasteiger partial charge in [-0.25, -0.2) is 0 Å². The number of carbonyl (C=O) groups is 1. The van der Waals surface area contributed by atoms with Crippen LogP contribution in [-0.2, 0) is 16.1 Å². The van der Waals surface area contributed by atoms with Crippen LogP contribution in [0.3, 0.4) is 0 Å². The lowest BCUT2D eigenvalue weighted by Gasteiger charge is -2.38. The molecule has 4 atom stereocenters. The summed E-state index contributed by atoms with van der Waals surface area (Å²) in [6.07, 6.45) is 7.38. The molecule has 4 unspecified atom stereocenters. The van der Waals surface area contributed by atoms with Crippen molar-refractivity contribution < 1.29 is 14.6 Å². The minimum atomic E-state index is -0.636. The highest BCUT2D eigenvalue weighted by Crippen LogP contribution is 2.40. The van der Waals surface area contributed by atoms with Crippen molar-refractivity contribution in [2.75, 3.05) is 39.3 Å². The lowest BCUT2D eigenvalue weighted by Crippen LogP contribution is -2.43. The smallest absolute Gasteiger partial charge is 0.303 e. The summed E-state index contributed by atoms with van der Waals surface area (Å²) in [7, 11) is 0. The summed E-state index contributed by atoms with van der Waals surface area (Å²) in [5, 5.41) is 9.52. The second-order valence-corrected chi connectivity index (χ2v) is 11.7. The van der Waals surface area contributed by atoms with E-state index in [1.54, 1.807) is 0 Å². The van der Waals surface area contributed by atoms with Crippen molar-refractivity contribution >= 4 is 5.97 Å². The number of carboxylic acid groups (broad SMARTS) is 1. The highest BCUT2D eigenvalue weighted by atomic mass is 16.5. The molecule has 0 spiro atoms. The van der Waals surface area contributed by atoms with Gasteiger partial charge in [-0.15, -0.1) is 0 Å². The van der Waals surface area contributed by atoms with Gasteiger partial charge < -0.3 is 14.7 Å². The standard InChI is InChI=1S/C32H44N2O3/c35-32(36)19-28-13-7-8-14-31(28)34-21-29(30(22-34)27-11-5-2-6-12-27)20-33-17-15-26(16-18-33)24-37-23-25-9-3-1-4-10-25/h1-6,9-12,26,28-31H,7-8,13-24H2,(H,35,36). The number of nitrogens with zero attached hydrogens (tertiary/aromatic N) is 2. The van der Waals surface area contributed by atoms with Crippen LogP contribution >= 0.6 is 0 Å². The first-order chi connectivity index (χ1) is 18.2. The summed E-state index contributed by atoms with van der Waals surface area (Å²) < 4.78 is 6.05. The molecule has 0 bridgehead atoms. The molecule has 5 rings (SSSR count). The molecule has 2 aromatic carbocycles. The van der Waals surface area contributed by atoms with Gasteiger partial charge in [0.25, 0.3) is 0 Å². The Balaban J connectivity index is 1.16. The van der Waals surface area contributed by atoms with E-state index < -0.39 is 5.97 Å². The van der Waals surface area contributed by atoms with E-state index in [1.165, 1.54) is 36.8 Å². The minimum absolute atomic E-state index is 0.299. The van der Waals surface area contributed by atoms with E-state index in [2.05, 4.69) is 70.5 Å².